The molecule has 76 valence electrons. The lowest BCUT2D eigenvalue weighted by Gasteiger charge is -2.31. The van der Waals surface area contributed by atoms with Crippen LogP contribution in [0.5, 0.6) is 0 Å². The first-order chi connectivity index (χ1) is 5.27. The first-order valence-corrected chi connectivity index (χ1v) is 10.7. The molecule has 0 amide bonds. The molecule has 0 atom stereocenters. The summed E-state index contributed by atoms with van der Waals surface area (Å²) >= 11 is 4.24. The Morgan fingerprint density at radius 1 is 0.917 bits per heavy atom. The van der Waals surface area contributed by atoms with E-state index < -0.39 is 0 Å². The van der Waals surface area contributed by atoms with Gasteiger partial charge in [0.2, 0.25) is 0 Å². The number of hydrogen-bond acceptors (Lipinski definition) is 0. The van der Waals surface area contributed by atoms with Gasteiger partial charge >= 0.3 is 0 Å². The Hall–Kier alpha value is 1.46. The van der Waals surface area contributed by atoms with E-state index in [4.69, 9.17) is 0 Å². The minimum Gasteiger partial charge on any atom is -0.0649 e. The summed E-state index contributed by atoms with van der Waals surface area (Å²) < 4.78 is 0. The van der Waals surface area contributed by atoms with Gasteiger partial charge in [0.15, 0.2) is 0 Å². The fourth-order valence-corrected chi connectivity index (χ4v) is 1.56. The van der Waals surface area contributed by atoms with Crippen LogP contribution < -0.4 is 0 Å². The Kier molecular flexibility index (Phi) is 9.08. The van der Waals surface area contributed by atoms with E-state index in [1.807, 2.05) is 0 Å². The fourth-order valence-electron chi connectivity index (χ4n) is 1.56. The van der Waals surface area contributed by atoms with Gasteiger partial charge in [-0.2, -0.15) is 0 Å². The van der Waals surface area contributed by atoms with Crippen molar-refractivity contribution in [1.29, 1.82) is 0 Å². The first-order valence-electron chi connectivity index (χ1n) is 4.41. The van der Waals surface area contributed by atoms with E-state index in [9.17, 15) is 0 Å². The van der Waals surface area contributed by atoms with Crippen molar-refractivity contribution in [2.75, 3.05) is 0 Å². The number of rotatable bonds is 2. The quantitative estimate of drug-likeness (QED) is 0.531. The second kappa shape index (κ2) is 6.85. The third kappa shape index (κ3) is 11.5. The van der Waals surface area contributed by atoms with E-state index in [2.05, 4.69) is 78.8 Å². The molecule has 0 N–H and O–H groups in total. The number of halogens is 2. The Morgan fingerprint density at radius 2 is 1.25 bits per heavy atom. The summed E-state index contributed by atoms with van der Waals surface area (Å²) in [5.74, 6) is 0. The molecular formula is C10H22I2. The highest BCUT2D eigenvalue weighted by atomic mass is 128. The molecule has 0 fully saturated rings. The summed E-state index contributed by atoms with van der Waals surface area (Å²) in [7, 11) is 0. The Labute approximate surface area is 102 Å². The summed E-state index contributed by atoms with van der Waals surface area (Å²) in [4.78, 5) is 0. The first kappa shape index (κ1) is 15.9. The van der Waals surface area contributed by atoms with Crippen LogP contribution >= 0.6 is 37.2 Å². The highest BCUT2D eigenvalue weighted by molar-refractivity contribution is 15.0. The molecule has 2 heteroatoms. The minimum absolute atomic E-state index is 0.486. The predicted octanol–water partition coefficient (Wildman–Crippen LogP) is 5.63. The van der Waals surface area contributed by atoms with Crippen LogP contribution in [0.3, 0.4) is 0 Å². The summed E-state index contributed by atoms with van der Waals surface area (Å²) in [6.45, 7) is 13.9. The standard InChI is InChI=1S/C10H22.I2/c1-7-10(5,6)8-9(2,3)4;1-2/h7-8H2,1-6H3;. The van der Waals surface area contributed by atoms with Gasteiger partial charge in [-0.25, -0.2) is 0 Å². The highest BCUT2D eigenvalue weighted by Gasteiger charge is 2.23. The number of hydrogen-bond donors (Lipinski definition) is 0. The molecule has 0 aromatic heterocycles. The van der Waals surface area contributed by atoms with Crippen molar-refractivity contribution in [3.63, 3.8) is 0 Å². The average Bonchev–Trinajstić information content (AvgIpc) is 1.88. The Balaban J connectivity index is 0. The van der Waals surface area contributed by atoms with Crippen molar-refractivity contribution >= 4 is 37.2 Å². The van der Waals surface area contributed by atoms with E-state index in [0.29, 0.717) is 10.8 Å². The fraction of sp³-hybridized carbons (Fsp3) is 1.00. The molecule has 0 unspecified atom stereocenters. The van der Waals surface area contributed by atoms with Gasteiger partial charge in [-0.05, 0) is 17.3 Å². The zero-order valence-electron chi connectivity index (χ0n) is 9.17. The largest absolute Gasteiger partial charge is 0.0649 e. The second-order valence-corrected chi connectivity index (χ2v) is 5.26. The average molecular weight is 396 g/mol. The van der Waals surface area contributed by atoms with Gasteiger partial charge in [0, 0.05) is 37.2 Å². The zero-order chi connectivity index (χ0) is 10.4. The van der Waals surface area contributed by atoms with Gasteiger partial charge in [-0.15, -0.1) is 0 Å². The van der Waals surface area contributed by atoms with Crippen LogP contribution in [0, 0.1) is 10.8 Å². The molecule has 0 heterocycles. The smallest absolute Gasteiger partial charge is 0 e. The van der Waals surface area contributed by atoms with Crippen LogP contribution in [0.1, 0.15) is 54.4 Å². The van der Waals surface area contributed by atoms with Crippen molar-refractivity contribution in [2.45, 2.75) is 54.4 Å². The van der Waals surface area contributed by atoms with Crippen LogP contribution in [0.4, 0.5) is 0 Å². The highest BCUT2D eigenvalue weighted by Crippen LogP contribution is 2.35. The van der Waals surface area contributed by atoms with Crippen LogP contribution in [0.15, 0.2) is 0 Å². The van der Waals surface area contributed by atoms with Crippen molar-refractivity contribution in [3.8, 4) is 0 Å². The van der Waals surface area contributed by atoms with E-state index in [0.717, 1.165) is 0 Å². The maximum Gasteiger partial charge on any atom is 0 e. The van der Waals surface area contributed by atoms with E-state index in [-0.39, 0.29) is 0 Å². The van der Waals surface area contributed by atoms with E-state index >= 15 is 0 Å². The van der Waals surface area contributed by atoms with Crippen molar-refractivity contribution in [1.82, 2.24) is 0 Å². The van der Waals surface area contributed by atoms with Crippen molar-refractivity contribution in [2.24, 2.45) is 10.8 Å². The molecule has 0 spiro atoms. The van der Waals surface area contributed by atoms with Gasteiger partial charge in [0.1, 0.15) is 0 Å². The maximum absolute atomic E-state index is 2.35. The lowest BCUT2D eigenvalue weighted by Crippen LogP contribution is -2.19. The normalized spacial score (nSPS) is 12.0. The van der Waals surface area contributed by atoms with Gasteiger partial charge in [-0.1, -0.05) is 48.0 Å². The Morgan fingerprint density at radius 3 is 1.33 bits per heavy atom. The third-order valence-corrected chi connectivity index (χ3v) is 1.97. The lowest BCUT2D eigenvalue weighted by atomic mass is 9.75. The van der Waals surface area contributed by atoms with Crippen LogP contribution in [-0.2, 0) is 0 Å². The van der Waals surface area contributed by atoms with Crippen LogP contribution in [-0.4, -0.2) is 0 Å². The SMILES string of the molecule is CCC(C)(C)CC(C)(C)C.II. The molecule has 0 saturated carbocycles. The summed E-state index contributed by atoms with van der Waals surface area (Å²) in [5.41, 5.74) is 1.01. The molecular weight excluding hydrogens is 374 g/mol. The molecule has 0 aromatic rings. The predicted molar refractivity (Wildman–Crippen MR) is 76.2 cm³/mol. The molecule has 0 bridgehead atoms. The topological polar surface area (TPSA) is 0 Å². The molecule has 12 heavy (non-hydrogen) atoms. The third-order valence-electron chi connectivity index (χ3n) is 1.97. The monoisotopic (exact) mass is 396 g/mol. The molecule has 0 nitrogen and oxygen atoms in total. The molecule has 0 aliphatic heterocycles. The molecule has 0 saturated heterocycles. The van der Waals surface area contributed by atoms with Crippen LogP contribution in [0.2, 0.25) is 0 Å². The molecule has 0 rings (SSSR count). The second-order valence-electron chi connectivity index (χ2n) is 5.26. The molecule has 0 radical (unpaired) electrons. The van der Waals surface area contributed by atoms with Crippen LogP contribution in [0.25, 0.3) is 0 Å². The van der Waals surface area contributed by atoms with E-state index in [1.165, 1.54) is 12.8 Å². The Bertz CT molecular complexity index is 101. The van der Waals surface area contributed by atoms with Gasteiger partial charge in [-0.3, -0.25) is 0 Å². The van der Waals surface area contributed by atoms with Crippen molar-refractivity contribution < 1.29 is 0 Å². The summed E-state index contributed by atoms with van der Waals surface area (Å²) in [6.07, 6.45) is 2.60. The molecule has 0 aromatic carbocycles. The van der Waals surface area contributed by atoms with Crippen molar-refractivity contribution in [3.05, 3.63) is 0 Å². The van der Waals surface area contributed by atoms with Gasteiger partial charge in [0.25, 0.3) is 0 Å². The summed E-state index contributed by atoms with van der Waals surface area (Å²) in [6, 6.07) is 0. The van der Waals surface area contributed by atoms with Gasteiger partial charge in [0.05, 0.1) is 0 Å². The molecule has 0 aliphatic rings. The molecule has 0 aliphatic carbocycles. The minimum atomic E-state index is 0.486. The maximum atomic E-state index is 2.35. The summed E-state index contributed by atoms with van der Waals surface area (Å²) in [5, 5.41) is 0. The zero-order valence-corrected chi connectivity index (χ0v) is 13.5. The lowest BCUT2D eigenvalue weighted by molar-refractivity contribution is 0.206. The van der Waals surface area contributed by atoms with E-state index in [1.54, 1.807) is 0 Å². The van der Waals surface area contributed by atoms with Gasteiger partial charge < -0.3 is 0 Å².